The summed E-state index contributed by atoms with van der Waals surface area (Å²) in [4.78, 5) is 26.5. The van der Waals surface area contributed by atoms with Gasteiger partial charge in [0.1, 0.15) is 0 Å². The molecule has 2 rings (SSSR count). The predicted molar refractivity (Wildman–Crippen MR) is 87.1 cm³/mol. The lowest BCUT2D eigenvalue weighted by atomic mass is 9.85. The summed E-state index contributed by atoms with van der Waals surface area (Å²) in [5, 5.41) is 13.6. The summed E-state index contributed by atoms with van der Waals surface area (Å²) < 4.78 is 0. The van der Waals surface area contributed by atoms with Crippen molar-refractivity contribution in [1.82, 2.24) is 10.3 Å². The summed E-state index contributed by atoms with van der Waals surface area (Å²) in [5.41, 5.74) is 6.60. The molecule has 0 saturated carbocycles. The highest BCUT2D eigenvalue weighted by molar-refractivity contribution is 5.99. The standard InChI is InChI=1S/C16H18N4O3/c1-16(2,11-5-7-18-8-6-11)10-19-15(21)13-9-12(20(22)23)3-4-14(13)17/h3-9H,10,17H2,1-2H3,(H,19,21). The van der Waals surface area contributed by atoms with Crippen molar-refractivity contribution in [3.8, 4) is 0 Å². The van der Waals surface area contributed by atoms with Crippen LogP contribution in [0.15, 0.2) is 42.7 Å². The summed E-state index contributed by atoms with van der Waals surface area (Å²) in [6.07, 6.45) is 3.38. The molecule has 3 N–H and O–H groups in total. The van der Waals surface area contributed by atoms with Crippen LogP contribution in [-0.4, -0.2) is 22.4 Å². The van der Waals surface area contributed by atoms with E-state index >= 15 is 0 Å². The van der Waals surface area contributed by atoms with E-state index in [0.29, 0.717) is 6.54 Å². The Morgan fingerprint density at radius 2 is 1.96 bits per heavy atom. The minimum absolute atomic E-state index is 0.102. The Balaban J connectivity index is 2.14. The van der Waals surface area contributed by atoms with Crippen LogP contribution >= 0.6 is 0 Å². The molecule has 1 amide bonds. The molecule has 0 aliphatic carbocycles. The Kier molecular flexibility index (Phi) is 4.59. The second kappa shape index (κ2) is 6.43. The quantitative estimate of drug-likeness (QED) is 0.499. The molecule has 1 heterocycles. The Morgan fingerprint density at radius 3 is 2.57 bits per heavy atom. The van der Waals surface area contributed by atoms with E-state index in [2.05, 4.69) is 10.3 Å². The number of hydrogen-bond acceptors (Lipinski definition) is 5. The van der Waals surface area contributed by atoms with Crippen molar-refractivity contribution < 1.29 is 9.72 Å². The number of nitrogens with one attached hydrogen (secondary N) is 1. The molecule has 1 aromatic heterocycles. The van der Waals surface area contributed by atoms with Gasteiger partial charge in [0.05, 0.1) is 10.5 Å². The first-order chi connectivity index (χ1) is 10.8. The summed E-state index contributed by atoms with van der Waals surface area (Å²) in [5.74, 6) is -0.437. The molecule has 0 spiro atoms. The third-order valence-electron chi connectivity index (χ3n) is 3.65. The van der Waals surface area contributed by atoms with Crippen molar-refractivity contribution in [1.29, 1.82) is 0 Å². The molecule has 7 nitrogen and oxygen atoms in total. The van der Waals surface area contributed by atoms with Crippen LogP contribution in [0.3, 0.4) is 0 Å². The van der Waals surface area contributed by atoms with Crippen molar-refractivity contribution in [2.24, 2.45) is 0 Å². The Morgan fingerprint density at radius 1 is 1.30 bits per heavy atom. The third kappa shape index (κ3) is 3.82. The maximum Gasteiger partial charge on any atom is 0.270 e. The van der Waals surface area contributed by atoms with Gasteiger partial charge in [-0.05, 0) is 23.8 Å². The van der Waals surface area contributed by atoms with Gasteiger partial charge >= 0.3 is 0 Å². The van der Waals surface area contributed by atoms with Crippen molar-refractivity contribution in [3.63, 3.8) is 0 Å². The first kappa shape index (κ1) is 16.4. The normalized spacial score (nSPS) is 11.0. The number of nitro benzene ring substituents is 1. The highest BCUT2D eigenvalue weighted by Crippen LogP contribution is 2.23. The minimum atomic E-state index is -0.558. The van der Waals surface area contributed by atoms with E-state index in [1.54, 1.807) is 12.4 Å². The van der Waals surface area contributed by atoms with E-state index in [0.717, 1.165) is 5.56 Å². The zero-order valence-corrected chi connectivity index (χ0v) is 12.9. The van der Waals surface area contributed by atoms with Crippen LogP contribution in [-0.2, 0) is 5.41 Å². The van der Waals surface area contributed by atoms with Crippen molar-refractivity contribution in [2.45, 2.75) is 19.3 Å². The van der Waals surface area contributed by atoms with E-state index in [4.69, 9.17) is 5.73 Å². The number of non-ortho nitro benzene ring substituents is 1. The second-order valence-corrected chi connectivity index (χ2v) is 5.83. The van der Waals surface area contributed by atoms with Crippen LogP contribution in [0, 0.1) is 10.1 Å². The molecule has 0 saturated heterocycles. The van der Waals surface area contributed by atoms with Gasteiger partial charge in [-0.15, -0.1) is 0 Å². The SMILES string of the molecule is CC(C)(CNC(=O)c1cc([N+](=O)[O-])ccc1N)c1ccncc1. The fourth-order valence-electron chi connectivity index (χ4n) is 2.16. The third-order valence-corrected chi connectivity index (χ3v) is 3.65. The molecule has 0 unspecified atom stereocenters. The Bertz CT molecular complexity index is 729. The Hall–Kier alpha value is -2.96. The summed E-state index contributed by atoms with van der Waals surface area (Å²) in [6, 6.07) is 7.58. The van der Waals surface area contributed by atoms with Crippen LogP contribution in [0.1, 0.15) is 29.8 Å². The molecular formula is C16H18N4O3. The predicted octanol–water partition coefficient (Wildman–Crippen LogP) is 2.28. The van der Waals surface area contributed by atoms with Gasteiger partial charge in [-0.2, -0.15) is 0 Å². The molecule has 0 aliphatic rings. The minimum Gasteiger partial charge on any atom is -0.398 e. The maximum absolute atomic E-state index is 12.3. The number of aromatic nitrogens is 1. The number of carbonyl (C=O) groups excluding carboxylic acids is 1. The number of rotatable bonds is 5. The average Bonchev–Trinajstić information content (AvgIpc) is 2.53. The van der Waals surface area contributed by atoms with Crippen LogP contribution in [0.4, 0.5) is 11.4 Å². The van der Waals surface area contributed by atoms with Gasteiger partial charge in [0.2, 0.25) is 0 Å². The number of nitro groups is 1. The van der Waals surface area contributed by atoms with Crippen LogP contribution < -0.4 is 11.1 Å². The van der Waals surface area contributed by atoms with Crippen molar-refractivity contribution in [3.05, 3.63) is 64.0 Å². The number of nitrogen functional groups attached to an aromatic ring is 1. The lowest BCUT2D eigenvalue weighted by Gasteiger charge is -2.25. The largest absolute Gasteiger partial charge is 0.398 e. The molecule has 7 heteroatoms. The lowest BCUT2D eigenvalue weighted by Crippen LogP contribution is -2.37. The molecule has 0 atom stereocenters. The zero-order chi connectivity index (χ0) is 17.0. The summed E-state index contributed by atoms with van der Waals surface area (Å²) >= 11 is 0. The summed E-state index contributed by atoms with van der Waals surface area (Å²) in [6.45, 7) is 4.33. The molecule has 0 bridgehead atoms. The van der Waals surface area contributed by atoms with Crippen LogP contribution in [0.2, 0.25) is 0 Å². The smallest absolute Gasteiger partial charge is 0.270 e. The number of pyridine rings is 1. The molecular weight excluding hydrogens is 296 g/mol. The van der Waals surface area contributed by atoms with Gasteiger partial charge in [-0.25, -0.2) is 0 Å². The summed E-state index contributed by atoms with van der Waals surface area (Å²) in [7, 11) is 0. The van der Waals surface area contributed by atoms with E-state index < -0.39 is 10.8 Å². The number of hydrogen-bond donors (Lipinski definition) is 2. The van der Waals surface area contributed by atoms with Crippen LogP contribution in [0.25, 0.3) is 0 Å². The molecule has 23 heavy (non-hydrogen) atoms. The van der Waals surface area contributed by atoms with Crippen molar-refractivity contribution in [2.75, 3.05) is 12.3 Å². The van der Waals surface area contributed by atoms with Crippen molar-refractivity contribution >= 4 is 17.3 Å². The monoisotopic (exact) mass is 314 g/mol. The van der Waals surface area contributed by atoms with E-state index in [1.807, 2.05) is 26.0 Å². The fraction of sp³-hybridized carbons (Fsp3) is 0.250. The number of nitrogens with zero attached hydrogens (tertiary/aromatic N) is 2. The molecule has 0 aliphatic heterocycles. The van der Waals surface area contributed by atoms with E-state index in [9.17, 15) is 14.9 Å². The molecule has 0 radical (unpaired) electrons. The van der Waals surface area contributed by atoms with Gasteiger partial charge in [-0.3, -0.25) is 19.9 Å². The highest BCUT2D eigenvalue weighted by atomic mass is 16.6. The number of nitrogens with two attached hydrogens (primary N) is 1. The van der Waals surface area contributed by atoms with Gasteiger partial charge in [-0.1, -0.05) is 13.8 Å². The fourth-order valence-corrected chi connectivity index (χ4v) is 2.16. The first-order valence-electron chi connectivity index (χ1n) is 7.04. The van der Waals surface area contributed by atoms with E-state index in [-0.39, 0.29) is 22.4 Å². The molecule has 120 valence electrons. The average molecular weight is 314 g/mol. The number of benzene rings is 1. The lowest BCUT2D eigenvalue weighted by molar-refractivity contribution is -0.384. The zero-order valence-electron chi connectivity index (χ0n) is 12.9. The maximum atomic E-state index is 12.3. The topological polar surface area (TPSA) is 111 Å². The molecule has 1 aromatic carbocycles. The highest BCUT2D eigenvalue weighted by Gasteiger charge is 2.23. The Labute approximate surface area is 133 Å². The van der Waals surface area contributed by atoms with Gasteiger partial charge in [0, 0.05) is 42.2 Å². The van der Waals surface area contributed by atoms with E-state index in [1.165, 1.54) is 18.2 Å². The first-order valence-corrected chi connectivity index (χ1v) is 7.04. The molecule has 0 fully saturated rings. The second-order valence-electron chi connectivity index (χ2n) is 5.83. The van der Waals surface area contributed by atoms with Gasteiger partial charge in [0.25, 0.3) is 11.6 Å². The number of amides is 1. The molecule has 2 aromatic rings. The number of carbonyl (C=O) groups is 1. The van der Waals surface area contributed by atoms with Gasteiger partial charge < -0.3 is 11.1 Å². The number of anilines is 1. The van der Waals surface area contributed by atoms with Gasteiger partial charge in [0.15, 0.2) is 0 Å². The van der Waals surface area contributed by atoms with Crippen LogP contribution in [0.5, 0.6) is 0 Å².